The lowest BCUT2D eigenvalue weighted by Crippen LogP contribution is -3.00. The average molecular weight is 318 g/mol. The first kappa shape index (κ1) is 17.7. The van der Waals surface area contributed by atoms with Crippen LogP contribution in [-0.2, 0) is 6.54 Å². The number of aryl methyl sites for hydroxylation is 1. The summed E-state index contributed by atoms with van der Waals surface area (Å²) < 4.78 is 7.14. The molecule has 0 radical (unpaired) electrons. The van der Waals surface area contributed by atoms with Crippen molar-refractivity contribution < 1.29 is 26.0 Å². The van der Waals surface area contributed by atoms with E-state index in [1.807, 2.05) is 6.20 Å². The largest absolute Gasteiger partial charge is 1.00 e. The zero-order valence-corrected chi connectivity index (χ0v) is 13.3. The first-order chi connectivity index (χ1) is 8.43. The summed E-state index contributed by atoms with van der Waals surface area (Å²) in [6, 6.07) is 0. The molecule has 1 heterocycles. The number of oxazole rings is 1. The number of hydrogen-bond donors (Lipinski definition) is 0. The van der Waals surface area contributed by atoms with Crippen LogP contribution in [0, 0.1) is 0 Å². The molecule has 0 atom stereocenters. The predicted octanol–water partition coefficient (Wildman–Crippen LogP) is 1.49. The first-order valence-electron chi connectivity index (χ1n) is 7.34. The van der Waals surface area contributed by atoms with Crippen molar-refractivity contribution >= 4 is 0 Å². The maximum Gasteiger partial charge on any atom is 0.334 e. The molecule has 106 valence electrons. The molecule has 3 heteroatoms. The highest BCUT2D eigenvalue weighted by atomic mass is 79.9. The quantitative estimate of drug-likeness (QED) is 0.446. The van der Waals surface area contributed by atoms with Gasteiger partial charge in [-0.1, -0.05) is 58.3 Å². The Labute approximate surface area is 123 Å². The van der Waals surface area contributed by atoms with Crippen LogP contribution in [0.5, 0.6) is 0 Å². The molecule has 0 N–H and O–H groups in total. The van der Waals surface area contributed by atoms with Gasteiger partial charge >= 0.3 is 6.39 Å². The molecular formula is C15H28BrNO. The molecular weight excluding hydrogens is 290 g/mol. The molecule has 0 saturated carbocycles. The topological polar surface area (TPSA) is 17.0 Å². The van der Waals surface area contributed by atoms with E-state index >= 15 is 0 Å². The Morgan fingerprint density at radius 2 is 1.39 bits per heavy atom. The zero-order chi connectivity index (χ0) is 12.2. The Morgan fingerprint density at radius 3 is 1.89 bits per heavy atom. The SMILES string of the molecule is CCCCCCCCCCCC[n+]1ccoc1.[Br-]. The van der Waals surface area contributed by atoms with Gasteiger partial charge in [0.25, 0.3) is 0 Å². The summed E-state index contributed by atoms with van der Waals surface area (Å²) in [5, 5.41) is 0. The van der Waals surface area contributed by atoms with Crippen LogP contribution < -0.4 is 21.5 Å². The molecule has 1 aromatic heterocycles. The lowest BCUT2D eigenvalue weighted by atomic mass is 10.1. The fourth-order valence-electron chi connectivity index (χ4n) is 2.17. The van der Waals surface area contributed by atoms with Gasteiger partial charge in [0.15, 0.2) is 12.8 Å². The molecule has 0 fully saturated rings. The van der Waals surface area contributed by atoms with Crippen LogP contribution in [-0.4, -0.2) is 0 Å². The minimum absolute atomic E-state index is 0. The lowest BCUT2D eigenvalue weighted by molar-refractivity contribution is -0.700. The molecule has 18 heavy (non-hydrogen) atoms. The molecule has 0 aliphatic rings. The van der Waals surface area contributed by atoms with Crippen molar-refractivity contribution in [3.8, 4) is 0 Å². The van der Waals surface area contributed by atoms with Crippen molar-refractivity contribution in [1.29, 1.82) is 0 Å². The van der Waals surface area contributed by atoms with Crippen molar-refractivity contribution in [3.05, 3.63) is 18.9 Å². The summed E-state index contributed by atoms with van der Waals surface area (Å²) in [5.41, 5.74) is 0. The second kappa shape index (κ2) is 13.1. The Hall–Kier alpha value is -0.310. The Morgan fingerprint density at radius 1 is 0.833 bits per heavy atom. The molecule has 2 nitrogen and oxygen atoms in total. The molecule has 1 rings (SSSR count). The van der Waals surface area contributed by atoms with Gasteiger partial charge < -0.3 is 21.4 Å². The average Bonchev–Trinajstić information content (AvgIpc) is 2.85. The van der Waals surface area contributed by atoms with Crippen LogP contribution in [0.15, 0.2) is 23.3 Å². The fraction of sp³-hybridized carbons (Fsp3) is 0.800. The highest BCUT2D eigenvalue weighted by molar-refractivity contribution is 4.48. The van der Waals surface area contributed by atoms with E-state index in [-0.39, 0.29) is 17.0 Å². The smallest absolute Gasteiger partial charge is 0.334 e. The van der Waals surface area contributed by atoms with Crippen LogP contribution in [0.25, 0.3) is 0 Å². The summed E-state index contributed by atoms with van der Waals surface area (Å²) in [4.78, 5) is 0. The third-order valence-electron chi connectivity index (χ3n) is 3.30. The van der Waals surface area contributed by atoms with Crippen LogP contribution >= 0.6 is 0 Å². The minimum Gasteiger partial charge on any atom is -1.00 e. The van der Waals surface area contributed by atoms with E-state index < -0.39 is 0 Å². The number of nitrogens with zero attached hydrogens (tertiary/aromatic N) is 1. The van der Waals surface area contributed by atoms with Gasteiger partial charge in [-0.15, -0.1) is 0 Å². The van der Waals surface area contributed by atoms with Gasteiger partial charge in [-0.2, -0.15) is 4.57 Å². The number of halogens is 1. The van der Waals surface area contributed by atoms with Crippen LogP contribution in [0.1, 0.15) is 71.1 Å². The molecule has 0 bridgehead atoms. The van der Waals surface area contributed by atoms with Crippen molar-refractivity contribution in [2.45, 2.75) is 77.7 Å². The maximum absolute atomic E-state index is 5.02. The third-order valence-corrected chi connectivity index (χ3v) is 3.30. The van der Waals surface area contributed by atoms with Crippen molar-refractivity contribution in [1.82, 2.24) is 0 Å². The molecule has 0 saturated heterocycles. The number of hydrogen-bond acceptors (Lipinski definition) is 1. The van der Waals surface area contributed by atoms with Crippen molar-refractivity contribution in [2.24, 2.45) is 0 Å². The standard InChI is InChI=1S/C15H28NO.BrH/c1-2-3-4-5-6-7-8-9-10-11-12-16-13-14-17-15-16;/h13-15H,2-12H2,1H3;1H/q+1;/p-1. The lowest BCUT2D eigenvalue weighted by Gasteiger charge is -2.00. The summed E-state index contributed by atoms with van der Waals surface area (Å²) in [7, 11) is 0. The first-order valence-corrected chi connectivity index (χ1v) is 7.34. The zero-order valence-electron chi connectivity index (χ0n) is 11.7. The highest BCUT2D eigenvalue weighted by Crippen LogP contribution is 2.10. The predicted molar refractivity (Wildman–Crippen MR) is 70.7 cm³/mol. The van der Waals surface area contributed by atoms with E-state index in [0.29, 0.717) is 0 Å². The van der Waals surface area contributed by atoms with Crippen LogP contribution in [0.2, 0.25) is 0 Å². The highest BCUT2D eigenvalue weighted by Gasteiger charge is 1.99. The Balaban J connectivity index is 0.00000289. The normalized spacial score (nSPS) is 10.3. The number of aromatic nitrogens is 1. The summed E-state index contributed by atoms with van der Waals surface area (Å²) >= 11 is 0. The third kappa shape index (κ3) is 9.69. The van der Waals surface area contributed by atoms with E-state index in [4.69, 9.17) is 4.42 Å². The van der Waals surface area contributed by atoms with Gasteiger partial charge in [-0.05, 0) is 6.42 Å². The Kier molecular flexibility index (Phi) is 12.9. The van der Waals surface area contributed by atoms with Gasteiger partial charge in [0, 0.05) is 6.42 Å². The van der Waals surface area contributed by atoms with E-state index in [1.165, 1.54) is 64.2 Å². The Bertz CT molecular complexity index is 249. The van der Waals surface area contributed by atoms with Gasteiger partial charge in [-0.25, -0.2) is 0 Å². The maximum atomic E-state index is 5.02. The van der Waals surface area contributed by atoms with Crippen molar-refractivity contribution in [2.75, 3.05) is 0 Å². The molecule has 0 amide bonds. The number of rotatable bonds is 11. The second-order valence-electron chi connectivity index (χ2n) is 4.95. The molecule has 0 aromatic carbocycles. The monoisotopic (exact) mass is 317 g/mol. The summed E-state index contributed by atoms with van der Waals surface area (Å²) in [5.74, 6) is 0. The van der Waals surface area contributed by atoms with Crippen LogP contribution in [0.4, 0.5) is 0 Å². The molecule has 1 aromatic rings. The second-order valence-corrected chi connectivity index (χ2v) is 4.95. The van der Waals surface area contributed by atoms with Gasteiger partial charge in [0.2, 0.25) is 6.20 Å². The minimum atomic E-state index is 0. The fourth-order valence-corrected chi connectivity index (χ4v) is 2.17. The molecule has 0 aliphatic carbocycles. The van der Waals surface area contributed by atoms with E-state index in [0.717, 1.165) is 6.54 Å². The summed E-state index contributed by atoms with van der Waals surface area (Å²) in [6.45, 7) is 3.38. The number of unbranched alkanes of at least 4 members (excludes halogenated alkanes) is 9. The van der Waals surface area contributed by atoms with Gasteiger partial charge in [-0.3, -0.25) is 0 Å². The van der Waals surface area contributed by atoms with Gasteiger partial charge in [0.1, 0.15) is 0 Å². The van der Waals surface area contributed by atoms with Crippen molar-refractivity contribution in [3.63, 3.8) is 0 Å². The molecule has 0 aliphatic heterocycles. The molecule has 0 unspecified atom stereocenters. The van der Waals surface area contributed by atoms with Gasteiger partial charge in [0.05, 0.1) is 0 Å². The van der Waals surface area contributed by atoms with E-state index in [9.17, 15) is 0 Å². The van der Waals surface area contributed by atoms with Crippen LogP contribution in [0.3, 0.4) is 0 Å². The summed E-state index contributed by atoms with van der Waals surface area (Å²) in [6.07, 6.45) is 19.5. The van der Waals surface area contributed by atoms with E-state index in [2.05, 4.69) is 11.5 Å². The molecule has 0 spiro atoms. The van der Waals surface area contributed by atoms with E-state index in [1.54, 1.807) is 12.7 Å².